The molecule has 0 radical (unpaired) electrons. The number of nitrogens with zero attached hydrogens (tertiary/aromatic N) is 2. The third-order valence-electron chi connectivity index (χ3n) is 6.93. The van der Waals surface area contributed by atoms with Gasteiger partial charge in [-0.2, -0.15) is 0 Å². The summed E-state index contributed by atoms with van der Waals surface area (Å²) in [6.07, 6.45) is 4.29. The van der Waals surface area contributed by atoms with Gasteiger partial charge in [0.25, 0.3) is 5.56 Å². The number of benzene rings is 3. The fourth-order valence-electron chi connectivity index (χ4n) is 5.01. The van der Waals surface area contributed by atoms with Crippen LogP contribution in [0, 0.1) is 0 Å². The zero-order chi connectivity index (χ0) is 29.6. The highest BCUT2D eigenvalue weighted by Gasteiger charge is 2.34. The highest BCUT2D eigenvalue weighted by Crippen LogP contribution is 2.35. The van der Waals surface area contributed by atoms with Gasteiger partial charge in [-0.1, -0.05) is 72.0 Å². The Bertz CT molecular complexity index is 1840. The van der Waals surface area contributed by atoms with Gasteiger partial charge in [0.1, 0.15) is 24.1 Å². The van der Waals surface area contributed by atoms with Crippen molar-refractivity contribution in [2.24, 2.45) is 4.99 Å². The summed E-state index contributed by atoms with van der Waals surface area (Å²) in [4.78, 5) is 32.3. The lowest BCUT2D eigenvalue weighted by atomic mass is 9.95. The average molecular weight is 581 g/mol. The molecule has 42 heavy (non-hydrogen) atoms. The Kier molecular flexibility index (Phi) is 8.83. The van der Waals surface area contributed by atoms with E-state index in [4.69, 9.17) is 14.2 Å². The molecule has 8 heteroatoms. The molecule has 4 aromatic rings. The molecule has 0 spiro atoms. The zero-order valence-corrected chi connectivity index (χ0v) is 24.6. The largest absolute Gasteiger partial charge is 0.496 e. The van der Waals surface area contributed by atoms with Crippen LogP contribution in [0.25, 0.3) is 6.08 Å². The minimum atomic E-state index is -0.747. The van der Waals surface area contributed by atoms with Gasteiger partial charge in [-0.3, -0.25) is 9.36 Å². The predicted molar refractivity (Wildman–Crippen MR) is 165 cm³/mol. The predicted octanol–water partition coefficient (Wildman–Crippen LogP) is 5.11. The maximum absolute atomic E-state index is 14.0. The normalized spacial score (nSPS) is 14.6. The van der Waals surface area contributed by atoms with Gasteiger partial charge in [0, 0.05) is 5.56 Å². The van der Waals surface area contributed by atoms with Crippen LogP contribution in [0.2, 0.25) is 0 Å². The number of thiazole rings is 1. The van der Waals surface area contributed by atoms with Crippen LogP contribution in [0.15, 0.2) is 107 Å². The van der Waals surface area contributed by atoms with Crippen LogP contribution in [0.5, 0.6) is 11.5 Å². The molecule has 0 fully saturated rings. The first-order valence-electron chi connectivity index (χ1n) is 13.7. The summed E-state index contributed by atoms with van der Waals surface area (Å²) in [5, 5.41) is 0. The van der Waals surface area contributed by atoms with E-state index in [2.05, 4.69) is 11.6 Å². The fourth-order valence-corrected chi connectivity index (χ4v) is 6.06. The molecule has 0 bridgehead atoms. The number of hydrogen-bond acceptors (Lipinski definition) is 7. The minimum absolute atomic E-state index is 0.205. The summed E-state index contributed by atoms with van der Waals surface area (Å²) in [7, 11) is 1.57. The SMILES string of the molecule is C=CCc1cc(/C=c2/sc3n(c2=O)[C@@H](c2ccccc2OC)C(C(=O)OCC)=C(C)N=3)ccc1OCc1ccccc1. The average Bonchev–Trinajstić information content (AvgIpc) is 3.30. The van der Waals surface area contributed by atoms with Gasteiger partial charge in [-0.15, -0.1) is 6.58 Å². The van der Waals surface area contributed by atoms with E-state index in [-0.39, 0.29) is 12.2 Å². The summed E-state index contributed by atoms with van der Waals surface area (Å²) in [6, 6.07) is 22.5. The van der Waals surface area contributed by atoms with Crippen molar-refractivity contribution in [3.8, 4) is 11.5 Å². The second-order valence-electron chi connectivity index (χ2n) is 9.68. The molecule has 7 nitrogen and oxygen atoms in total. The second kappa shape index (κ2) is 12.9. The van der Waals surface area contributed by atoms with Crippen molar-refractivity contribution < 1.29 is 19.0 Å². The van der Waals surface area contributed by atoms with Crippen LogP contribution < -0.4 is 24.4 Å². The van der Waals surface area contributed by atoms with Gasteiger partial charge < -0.3 is 14.2 Å². The monoisotopic (exact) mass is 580 g/mol. The van der Waals surface area contributed by atoms with Gasteiger partial charge in [-0.05, 0) is 61.2 Å². The van der Waals surface area contributed by atoms with Crippen molar-refractivity contribution in [3.63, 3.8) is 0 Å². The number of carbonyl (C=O) groups excluding carboxylic acids is 1. The summed E-state index contributed by atoms with van der Waals surface area (Å²) in [5.41, 5.74) is 4.14. The minimum Gasteiger partial charge on any atom is -0.496 e. The number of para-hydroxylation sites is 1. The van der Waals surface area contributed by atoms with Crippen molar-refractivity contribution in [1.82, 2.24) is 4.57 Å². The molecule has 0 amide bonds. The molecule has 1 aliphatic rings. The van der Waals surface area contributed by atoms with E-state index < -0.39 is 12.0 Å². The number of aromatic nitrogens is 1. The van der Waals surface area contributed by atoms with E-state index in [1.165, 1.54) is 11.3 Å². The second-order valence-corrected chi connectivity index (χ2v) is 10.7. The lowest BCUT2D eigenvalue weighted by molar-refractivity contribution is -0.139. The molecule has 1 aliphatic heterocycles. The lowest BCUT2D eigenvalue weighted by Crippen LogP contribution is -2.40. The summed E-state index contributed by atoms with van der Waals surface area (Å²) >= 11 is 1.28. The van der Waals surface area contributed by atoms with Crippen molar-refractivity contribution in [1.29, 1.82) is 0 Å². The topological polar surface area (TPSA) is 79.1 Å². The molecule has 0 saturated heterocycles. The van der Waals surface area contributed by atoms with Crippen LogP contribution in [-0.4, -0.2) is 24.3 Å². The number of esters is 1. The molecule has 0 unspecified atom stereocenters. The lowest BCUT2D eigenvalue weighted by Gasteiger charge is -2.25. The molecule has 5 rings (SSSR count). The number of hydrogen-bond donors (Lipinski definition) is 0. The van der Waals surface area contributed by atoms with Crippen LogP contribution in [0.4, 0.5) is 0 Å². The molecular formula is C34H32N2O5S. The third kappa shape index (κ3) is 5.85. The first-order chi connectivity index (χ1) is 20.4. The van der Waals surface area contributed by atoms with E-state index in [0.29, 0.717) is 44.9 Å². The van der Waals surface area contributed by atoms with Crippen LogP contribution in [-0.2, 0) is 22.6 Å². The summed E-state index contributed by atoms with van der Waals surface area (Å²) in [5.74, 6) is 0.820. The molecular weight excluding hydrogens is 548 g/mol. The van der Waals surface area contributed by atoms with Gasteiger partial charge in [0.2, 0.25) is 0 Å². The number of fused-ring (bicyclic) bond motifs is 1. The van der Waals surface area contributed by atoms with Crippen LogP contribution in [0.3, 0.4) is 0 Å². The van der Waals surface area contributed by atoms with E-state index in [1.807, 2.05) is 84.9 Å². The molecule has 0 aliphatic carbocycles. The highest BCUT2D eigenvalue weighted by atomic mass is 32.1. The Labute approximate surface area is 248 Å². The quantitative estimate of drug-likeness (QED) is 0.192. The van der Waals surface area contributed by atoms with Gasteiger partial charge >= 0.3 is 5.97 Å². The van der Waals surface area contributed by atoms with E-state index >= 15 is 0 Å². The van der Waals surface area contributed by atoms with Gasteiger partial charge in [-0.25, -0.2) is 9.79 Å². The highest BCUT2D eigenvalue weighted by molar-refractivity contribution is 7.07. The molecule has 3 aromatic carbocycles. The Morgan fingerprint density at radius 2 is 1.83 bits per heavy atom. The Morgan fingerprint density at radius 1 is 1.07 bits per heavy atom. The van der Waals surface area contributed by atoms with Crippen molar-refractivity contribution in [2.75, 3.05) is 13.7 Å². The fraction of sp³-hybridized carbons (Fsp3) is 0.206. The summed E-state index contributed by atoms with van der Waals surface area (Å²) < 4.78 is 19.2. The summed E-state index contributed by atoms with van der Waals surface area (Å²) in [6.45, 7) is 8.07. The van der Waals surface area contributed by atoms with Crippen LogP contribution >= 0.6 is 11.3 Å². The maximum Gasteiger partial charge on any atom is 0.338 e. The molecule has 2 heterocycles. The zero-order valence-electron chi connectivity index (χ0n) is 23.8. The molecule has 1 aromatic heterocycles. The maximum atomic E-state index is 14.0. The van der Waals surface area contributed by atoms with E-state index in [1.54, 1.807) is 25.5 Å². The van der Waals surface area contributed by atoms with Crippen LogP contribution in [0.1, 0.15) is 42.1 Å². The molecule has 0 saturated carbocycles. The standard InChI is InChI=1S/C34H32N2O5S/c1-5-12-25-19-24(17-18-27(25)41-21-23-13-8-7-9-14-23)20-29-32(37)36-31(26-15-10-11-16-28(26)39-4)30(33(38)40-6-2)22(3)35-34(36)42-29/h5,7-11,13-20,31H,1,6,12,21H2,2-4H3/b29-20+/t31-/m0/s1. The smallest absolute Gasteiger partial charge is 0.338 e. The van der Waals surface area contributed by atoms with Gasteiger partial charge in [0.05, 0.1) is 29.5 Å². The number of allylic oxidation sites excluding steroid dienone is 2. The molecule has 1 atom stereocenters. The number of rotatable bonds is 10. The Morgan fingerprint density at radius 3 is 2.57 bits per heavy atom. The van der Waals surface area contributed by atoms with E-state index in [9.17, 15) is 9.59 Å². The molecule has 214 valence electrons. The van der Waals surface area contributed by atoms with E-state index in [0.717, 1.165) is 22.4 Å². The third-order valence-corrected chi connectivity index (χ3v) is 7.92. The Balaban J connectivity index is 1.59. The first kappa shape index (κ1) is 28.8. The molecule has 0 N–H and O–H groups in total. The Hall–Kier alpha value is -4.69. The van der Waals surface area contributed by atoms with Gasteiger partial charge in [0.15, 0.2) is 4.80 Å². The number of ether oxygens (including phenoxy) is 3. The van der Waals surface area contributed by atoms with Crippen molar-refractivity contribution >= 4 is 23.4 Å². The van der Waals surface area contributed by atoms with Crippen molar-refractivity contribution in [3.05, 3.63) is 139 Å². The van der Waals surface area contributed by atoms with Crippen molar-refractivity contribution in [2.45, 2.75) is 32.9 Å². The number of carbonyl (C=O) groups is 1. The number of methoxy groups -OCH3 is 1. The first-order valence-corrected chi connectivity index (χ1v) is 14.5.